The predicted octanol–water partition coefficient (Wildman–Crippen LogP) is 2.86. The van der Waals surface area contributed by atoms with Gasteiger partial charge in [-0.05, 0) is 48.2 Å². The molecular weight excluding hydrogens is 286 g/mol. The van der Waals surface area contributed by atoms with E-state index in [1.54, 1.807) is 0 Å². The number of hydrogen-bond acceptors (Lipinski definition) is 4. The lowest BCUT2D eigenvalue weighted by Gasteiger charge is -2.28. The SMILES string of the molecule is C=CCO[C@@H]1CCN(Cc2ccncc2)[C@@H]1Cc1ccncc1. The fourth-order valence-electron chi connectivity index (χ4n) is 3.21. The van der Waals surface area contributed by atoms with E-state index >= 15 is 0 Å². The lowest BCUT2D eigenvalue weighted by molar-refractivity contribution is 0.0421. The minimum absolute atomic E-state index is 0.253. The Labute approximate surface area is 137 Å². The van der Waals surface area contributed by atoms with Crippen LogP contribution >= 0.6 is 0 Å². The Hall–Kier alpha value is -2.04. The molecule has 1 aliphatic heterocycles. The van der Waals surface area contributed by atoms with Crippen molar-refractivity contribution in [1.82, 2.24) is 14.9 Å². The molecule has 2 aromatic heterocycles. The molecule has 2 aromatic rings. The van der Waals surface area contributed by atoms with Gasteiger partial charge in [0.1, 0.15) is 0 Å². The second kappa shape index (κ2) is 7.99. The topological polar surface area (TPSA) is 38.2 Å². The van der Waals surface area contributed by atoms with Crippen LogP contribution in [0.2, 0.25) is 0 Å². The molecule has 0 saturated carbocycles. The van der Waals surface area contributed by atoms with Crippen molar-refractivity contribution in [3.8, 4) is 0 Å². The van der Waals surface area contributed by atoms with E-state index in [0.29, 0.717) is 12.6 Å². The van der Waals surface area contributed by atoms with Gasteiger partial charge in [0.15, 0.2) is 0 Å². The van der Waals surface area contributed by atoms with Gasteiger partial charge < -0.3 is 4.74 Å². The van der Waals surface area contributed by atoms with Gasteiger partial charge in [0.25, 0.3) is 0 Å². The molecule has 4 nitrogen and oxygen atoms in total. The predicted molar refractivity (Wildman–Crippen MR) is 90.9 cm³/mol. The monoisotopic (exact) mass is 309 g/mol. The first-order valence-electron chi connectivity index (χ1n) is 8.11. The number of aromatic nitrogens is 2. The molecule has 0 aliphatic carbocycles. The van der Waals surface area contributed by atoms with Crippen molar-refractivity contribution in [3.63, 3.8) is 0 Å². The molecule has 2 atom stereocenters. The summed E-state index contributed by atoms with van der Waals surface area (Å²) in [5.74, 6) is 0. The third-order valence-corrected chi connectivity index (χ3v) is 4.36. The molecule has 3 rings (SSSR count). The third-order valence-electron chi connectivity index (χ3n) is 4.36. The largest absolute Gasteiger partial charge is 0.372 e. The van der Waals surface area contributed by atoms with E-state index in [-0.39, 0.29) is 6.10 Å². The van der Waals surface area contributed by atoms with Gasteiger partial charge >= 0.3 is 0 Å². The molecular formula is C19H23N3O. The van der Waals surface area contributed by atoms with Gasteiger partial charge in [-0.1, -0.05) is 6.08 Å². The Morgan fingerprint density at radius 3 is 2.39 bits per heavy atom. The van der Waals surface area contributed by atoms with Gasteiger partial charge in [0.2, 0.25) is 0 Å². The average Bonchev–Trinajstić information content (AvgIpc) is 2.96. The molecule has 0 unspecified atom stereocenters. The number of pyridine rings is 2. The van der Waals surface area contributed by atoms with Crippen LogP contribution in [0.4, 0.5) is 0 Å². The zero-order valence-electron chi connectivity index (χ0n) is 13.3. The second-order valence-corrected chi connectivity index (χ2v) is 5.90. The summed E-state index contributed by atoms with van der Waals surface area (Å²) in [4.78, 5) is 10.7. The summed E-state index contributed by atoms with van der Waals surface area (Å²) in [7, 11) is 0. The highest BCUT2D eigenvalue weighted by Crippen LogP contribution is 2.26. The van der Waals surface area contributed by atoms with Crippen molar-refractivity contribution in [2.75, 3.05) is 13.2 Å². The molecule has 0 spiro atoms. The molecule has 120 valence electrons. The van der Waals surface area contributed by atoms with Gasteiger partial charge in [0, 0.05) is 43.9 Å². The Morgan fingerprint density at radius 1 is 1.09 bits per heavy atom. The number of hydrogen-bond donors (Lipinski definition) is 0. The maximum Gasteiger partial charge on any atom is 0.0750 e. The smallest absolute Gasteiger partial charge is 0.0750 e. The molecule has 1 aliphatic rings. The van der Waals surface area contributed by atoms with Crippen LogP contribution in [0.15, 0.2) is 61.7 Å². The summed E-state index contributed by atoms with van der Waals surface area (Å²) in [6.07, 6.45) is 11.6. The van der Waals surface area contributed by atoms with Crippen molar-refractivity contribution >= 4 is 0 Å². The number of likely N-dealkylation sites (tertiary alicyclic amines) is 1. The van der Waals surface area contributed by atoms with Crippen molar-refractivity contribution in [2.24, 2.45) is 0 Å². The maximum absolute atomic E-state index is 6.02. The molecule has 0 radical (unpaired) electrons. The first kappa shape index (κ1) is 15.8. The minimum atomic E-state index is 0.253. The fraction of sp³-hybridized carbons (Fsp3) is 0.368. The molecule has 0 bridgehead atoms. The van der Waals surface area contributed by atoms with Crippen LogP contribution in [0.5, 0.6) is 0 Å². The van der Waals surface area contributed by atoms with Gasteiger partial charge in [-0.15, -0.1) is 6.58 Å². The Morgan fingerprint density at radius 2 is 1.74 bits per heavy atom. The van der Waals surface area contributed by atoms with E-state index in [1.807, 2.05) is 30.9 Å². The second-order valence-electron chi connectivity index (χ2n) is 5.90. The van der Waals surface area contributed by atoms with Crippen molar-refractivity contribution < 1.29 is 4.74 Å². The Bertz CT molecular complexity index is 603. The van der Waals surface area contributed by atoms with Crippen LogP contribution in [-0.4, -0.2) is 40.2 Å². The van der Waals surface area contributed by atoms with Crippen LogP contribution in [0, 0.1) is 0 Å². The standard InChI is InChI=1S/C19H23N3O/c1-2-13-23-19-7-12-22(15-17-5-10-21-11-6-17)18(19)14-16-3-8-20-9-4-16/h2-6,8-11,18-19H,1,7,12-15H2/t18-,19-/m1/s1. The number of ether oxygens (including phenoxy) is 1. The van der Waals surface area contributed by atoms with Gasteiger partial charge in [-0.2, -0.15) is 0 Å². The van der Waals surface area contributed by atoms with Gasteiger partial charge in [-0.3, -0.25) is 14.9 Å². The summed E-state index contributed by atoms with van der Waals surface area (Å²) >= 11 is 0. The zero-order chi connectivity index (χ0) is 15.9. The highest BCUT2D eigenvalue weighted by molar-refractivity contribution is 5.15. The molecule has 23 heavy (non-hydrogen) atoms. The van der Waals surface area contributed by atoms with E-state index in [0.717, 1.165) is 25.9 Å². The summed E-state index contributed by atoms with van der Waals surface area (Å²) in [5.41, 5.74) is 2.60. The summed E-state index contributed by atoms with van der Waals surface area (Å²) in [6, 6.07) is 8.73. The molecule has 0 N–H and O–H groups in total. The van der Waals surface area contributed by atoms with Crippen LogP contribution < -0.4 is 0 Å². The lowest BCUT2D eigenvalue weighted by Crippen LogP contribution is -2.38. The van der Waals surface area contributed by atoms with Crippen molar-refractivity contribution in [1.29, 1.82) is 0 Å². The maximum atomic E-state index is 6.02. The minimum Gasteiger partial charge on any atom is -0.372 e. The Balaban J connectivity index is 1.73. The zero-order valence-corrected chi connectivity index (χ0v) is 13.3. The highest BCUT2D eigenvalue weighted by Gasteiger charge is 2.34. The summed E-state index contributed by atoms with van der Waals surface area (Å²) < 4.78 is 6.02. The van der Waals surface area contributed by atoms with E-state index in [2.05, 4.69) is 45.7 Å². The van der Waals surface area contributed by atoms with Crippen LogP contribution in [-0.2, 0) is 17.7 Å². The molecule has 0 amide bonds. The van der Waals surface area contributed by atoms with Crippen LogP contribution in [0.25, 0.3) is 0 Å². The summed E-state index contributed by atoms with van der Waals surface area (Å²) in [6.45, 7) is 6.37. The lowest BCUT2D eigenvalue weighted by atomic mass is 10.0. The van der Waals surface area contributed by atoms with Gasteiger partial charge in [-0.25, -0.2) is 0 Å². The average molecular weight is 309 g/mol. The van der Waals surface area contributed by atoms with Gasteiger partial charge in [0.05, 0.1) is 12.7 Å². The Kier molecular flexibility index (Phi) is 5.51. The van der Waals surface area contributed by atoms with Crippen molar-refractivity contribution in [3.05, 3.63) is 72.8 Å². The molecule has 4 heteroatoms. The molecule has 0 aromatic carbocycles. The number of nitrogens with zero attached hydrogens (tertiary/aromatic N) is 3. The first-order chi connectivity index (χ1) is 11.4. The molecule has 3 heterocycles. The summed E-state index contributed by atoms with van der Waals surface area (Å²) in [5, 5.41) is 0. The van der Waals surface area contributed by atoms with Crippen LogP contribution in [0.3, 0.4) is 0 Å². The highest BCUT2D eigenvalue weighted by atomic mass is 16.5. The van der Waals surface area contributed by atoms with E-state index in [9.17, 15) is 0 Å². The molecule has 1 fully saturated rings. The molecule has 1 saturated heterocycles. The fourth-order valence-corrected chi connectivity index (χ4v) is 3.21. The normalized spacial score (nSPS) is 21.4. The first-order valence-corrected chi connectivity index (χ1v) is 8.11. The third kappa shape index (κ3) is 4.24. The van der Waals surface area contributed by atoms with E-state index in [4.69, 9.17) is 4.74 Å². The van der Waals surface area contributed by atoms with E-state index < -0.39 is 0 Å². The number of rotatable bonds is 7. The van der Waals surface area contributed by atoms with Crippen LogP contribution in [0.1, 0.15) is 17.5 Å². The van der Waals surface area contributed by atoms with Crippen molar-refractivity contribution in [2.45, 2.75) is 31.5 Å². The van der Waals surface area contributed by atoms with E-state index in [1.165, 1.54) is 11.1 Å². The quantitative estimate of drug-likeness (QED) is 0.737.